The Bertz CT molecular complexity index is 582. The molecule has 142 valence electrons. The summed E-state index contributed by atoms with van der Waals surface area (Å²) in [5.74, 6) is 1.63. The lowest BCUT2D eigenvalue weighted by Gasteiger charge is -2.30. The second-order valence-electron chi connectivity index (χ2n) is 6.74. The predicted octanol–water partition coefficient (Wildman–Crippen LogP) is 3.53. The van der Waals surface area contributed by atoms with Gasteiger partial charge in [-0.1, -0.05) is 32.4 Å². The van der Waals surface area contributed by atoms with Crippen LogP contribution in [0.4, 0.5) is 0 Å². The standard InChI is InChI=1S/C18H27ClN2O3.ClH/c1-11(2)10-24-17-14(19)7-13(8-16(17)23-4)18(22)21-15-9-20-6-5-12(15)3;/h7-8,11-12,15,20H,5-6,9-10H2,1-4H3,(H,21,22);1H. The summed E-state index contributed by atoms with van der Waals surface area (Å²) in [6, 6.07) is 3.43. The summed E-state index contributed by atoms with van der Waals surface area (Å²) in [4.78, 5) is 12.6. The fraction of sp³-hybridized carbons (Fsp3) is 0.611. The lowest BCUT2D eigenvalue weighted by atomic mass is 9.94. The van der Waals surface area contributed by atoms with Crippen molar-refractivity contribution >= 4 is 29.9 Å². The third kappa shape index (κ3) is 5.94. The minimum Gasteiger partial charge on any atom is -0.493 e. The maximum absolute atomic E-state index is 12.6. The van der Waals surface area contributed by atoms with E-state index in [2.05, 4.69) is 31.4 Å². The van der Waals surface area contributed by atoms with Gasteiger partial charge in [-0.3, -0.25) is 4.79 Å². The van der Waals surface area contributed by atoms with Crippen LogP contribution in [0.1, 0.15) is 37.6 Å². The zero-order chi connectivity index (χ0) is 17.7. The van der Waals surface area contributed by atoms with Crippen LogP contribution in [0.3, 0.4) is 0 Å². The summed E-state index contributed by atoms with van der Waals surface area (Å²) in [6.45, 7) is 8.58. The molecular weight excluding hydrogens is 363 g/mol. The van der Waals surface area contributed by atoms with Crippen molar-refractivity contribution in [1.29, 1.82) is 0 Å². The van der Waals surface area contributed by atoms with Crippen LogP contribution in [0.2, 0.25) is 5.02 Å². The molecule has 2 atom stereocenters. The smallest absolute Gasteiger partial charge is 0.251 e. The SMILES string of the molecule is COc1cc(C(=O)NC2CNCCC2C)cc(Cl)c1OCC(C)C.Cl. The van der Waals surface area contributed by atoms with Crippen LogP contribution >= 0.6 is 24.0 Å². The van der Waals surface area contributed by atoms with Gasteiger partial charge in [-0.15, -0.1) is 12.4 Å². The maximum Gasteiger partial charge on any atom is 0.251 e. The number of piperidine rings is 1. The van der Waals surface area contributed by atoms with E-state index in [1.807, 2.05) is 0 Å². The number of ether oxygens (including phenoxy) is 2. The number of carbonyl (C=O) groups is 1. The Morgan fingerprint density at radius 3 is 2.76 bits per heavy atom. The molecule has 2 rings (SSSR count). The highest BCUT2D eigenvalue weighted by molar-refractivity contribution is 6.32. The van der Waals surface area contributed by atoms with Gasteiger partial charge in [0.05, 0.1) is 18.7 Å². The summed E-state index contributed by atoms with van der Waals surface area (Å²) in [7, 11) is 1.54. The fourth-order valence-electron chi connectivity index (χ4n) is 2.68. The second-order valence-corrected chi connectivity index (χ2v) is 7.15. The number of nitrogens with one attached hydrogen (secondary N) is 2. The van der Waals surface area contributed by atoms with Crippen molar-refractivity contribution in [3.8, 4) is 11.5 Å². The van der Waals surface area contributed by atoms with Crippen LogP contribution in [0.25, 0.3) is 0 Å². The number of halogens is 2. The minimum absolute atomic E-state index is 0. The van der Waals surface area contributed by atoms with E-state index in [0.29, 0.717) is 40.5 Å². The monoisotopic (exact) mass is 390 g/mol. The molecule has 0 aromatic heterocycles. The van der Waals surface area contributed by atoms with Crippen LogP contribution in [-0.4, -0.2) is 38.8 Å². The van der Waals surface area contributed by atoms with E-state index < -0.39 is 0 Å². The van der Waals surface area contributed by atoms with Crippen molar-refractivity contribution in [3.63, 3.8) is 0 Å². The topological polar surface area (TPSA) is 59.6 Å². The molecule has 1 saturated heterocycles. The van der Waals surface area contributed by atoms with Crippen molar-refractivity contribution in [2.75, 3.05) is 26.8 Å². The van der Waals surface area contributed by atoms with E-state index in [0.717, 1.165) is 19.5 Å². The average molecular weight is 391 g/mol. The van der Waals surface area contributed by atoms with Gasteiger partial charge in [-0.05, 0) is 36.9 Å². The Hall–Kier alpha value is -1.17. The highest BCUT2D eigenvalue weighted by Gasteiger charge is 2.24. The fourth-order valence-corrected chi connectivity index (χ4v) is 2.94. The molecule has 1 fully saturated rings. The highest BCUT2D eigenvalue weighted by Crippen LogP contribution is 2.36. The average Bonchev–Trinajstić information content (AvgIpc) is 2.54. The van der Waals surface area contributed by atoms with E-state index in [1.54, 1.807) is 19.2 Å². The summed E-state index contributed by atoms with van der Waals surface area (Å²) < 4.78 is 11.1. The predicted molar refractivity (Wildman–Crippen MR) is 103 cm³/mol. The molecule has 7 heteroatoms. The Kier molecular flexibility index (Phi) is 8.83. The Morgan fingerprint density at radius 2 is 2.16 bits per heavy atom. The number of amides is 1. The largest absolute Gasteiger partial charge is 0.493 e. The van der Waals surface area contributed by atoms with Crippen molar-refractivity contribution in [1.82, 2.24) is 10.6 Å². The van der Waals surface area contributed by atoms with E-state index in [-0.39, 0.29) is 24.4 Å². The number of hydrogen-bond donors (Lipinski definition) is 2. The van der Waals surface area contributed by atoms with Crippen LogP contribution < -0.4 is 20.1 Å². The molecule has 0 saturated carbocycles. The molecular formula is C18H28Cl2N2O3. The van der Waals surface area contributed by atoms with Crippen LogP contribution in [0.5, 0.6) is 11.5 Å². The molecule has 2 N–H and O–H groups in total. The van der Waals surface area contributed by atoms with Gasteiger partial charge in [-0.25, -0.2) is 0 Å². The highest BCUT2D eigenvalue weighted by atomic mass is 35.5. The third-order valence-corrected chi connectivity index (χ3v) is 4.48. The quantitative estimate of drug-likeness (QED) is 0.779. The number of rotatable bonds is 6. The molecule has 0 spiro atoms. The lowest BCUT2D eigenvalue weighted by molar-refractivity contribution is 0.0915. The molecule has 1 aliphatic rings. The van der Waals surface area contributed by atoms with Gasteiger partial charge in [0.15, 0.2) is 11.5 Å². The Morgan fingerprint density at radius 1 is 1.44 bits per heavy atom. The van der Waals surface area contributed by atoms with Crippen molar-refractivity contribution in [2.45, 2.75) is 33.2 Å². The molecule has 1 aromatic rings. The molecule has 25 heavy (non-hydrogen) atoms. The Labute approximate surface area is 161 Å². The third-order valence-electron chi connectivity index (χ3n) is 4.20. The van der Waals surface area contributed by atoms with Gasteiger partial charge in [0.2, 0.25) is 0 Å². The second kappa shape index (κ2) is 10.1. The van der Waals surface area contributed by atoms with Gasteiger partial charge < -0.3 is 20.1 Å². The van der Waals surface area contributed by atoms with Crippen molar-refractivity contribution in [3.05, 3.63) is 22.7 Å². The molecule has 0 radical (unpaired) electrons. The molecule has 1 amide bonds. The molecule has 1 heterocycles. The first-order valence-electron chi connectivity index (χ1n) is 8.44. The molecule has 1 aliphatic heterocycles. The zero-order valence-electron chi connectivity index (χ0n) is 15.2. The number of methoxy groups -OCH3 is 1. The van der Waals surface area contributed by atoms with Gasteiger partial charge in [0.1, 0.15) is 0 Å². The first kappa shape index (κ1) is 21.9. The molecule has 2 unspecified atom stereocenters. The Balaban J connectivity index is 0.00000312. The maximum atomic E-state index is 12.6. The van der Waals surface area contributed by atoms with Crippen molar-refractivity contribution in [2.24, 2.45) is 11.8 Å². The van der Waals surface area contributed by atoms with Crippen LogP contribution in [0.15, 0.2) is 12.1 Å². The molecule has 0 aliphatic carbocycles. The first-order chi connectivity index (χ1) is 11.4. The van der Waals surface area contributed by atoms with Gasteiger partial charge >= 0.3 is 0 Å². The number of hydrogen-bond acceptors (Lipinski definition) is 4. The molecule has 5 nitrogen and oxygen atoms in total. The molecule has 1 aromatic carbocycles. The van der Waals surface area contributed by atoms with E-state index in [9.17, 15) is 4.79 Å². The van der Waals surface area contributed by atoms with Gasteiger partial charge in [0.25, 0.3) is 5.91 Å². The summed E-state index contributed by atoms with van der Waals surface area (Å²) in [5, 5.41) is 6.77. The minimum atomic E-state index is -0.147. The molecule has 0 bridgehead atoms. The number of carbonyl (C=O) groups excluding carboxylic acids is 1. The lowest BCUT2D eigenvalue weighted by Crippen LogP contribution is -2.50. The zero-order valence-corrected chi connectivity index (χ0v) is 16.8. The normalized spacial score (nSPS) is 19.9. The van der Waals surface area contributed by atoms with Gasteiger partial charge in [0, 0.05) is 18.2 Å². The van der Waals surface area contributed by atoms with E-state index in [4.69, 9.17) is 21.1 Å². The first-order valence-corrected chi connectivity index (χ1v) is 8.82. The summed E-state index contributed by atoms with van der Waals surface area (Å²) in [6.07, 6.45) is 1.05. The summed E-state index contributed by atoms with van der Waals surface area (Å²) >= 11 is 6.31. The van der Waals surface area contributed by atoms with E-state index in [1.165, 1.54) is 0 Å². The van der Waals surface area contributed by atoms with Crippen molar-refractivity contribution < 1.29 is 14.3 Å². The van der Waals surface area contributed by atoms with Crippen LogP contribution in [0, 0.1) is 11.8 Å². The van der Waals surface area contributed by atoms with Gasteiger partial charge in [-0.2, -0.15) is 0 Å². The van der Waals surface area contributed by atoms with E-state index >= 15 is 0 Å². The van der Waals surface area contributed by atoms with Crippen LogP contribution in [-0.2, 0) is 0 Å². The number of benzene rings is 1. The summed E-state index contributed by atoms with van der Waals surface area (Å²) in [5.41, 5.74) is 0.478.